The molecular formula is C13H18ClN3O3. The molecule has 0 N–H and O–H groups in total. The summed E-state index contributed by atoms with van der Waals surface area (Å²) in [6.07, 6.45) is -0.00834. The summed E-state index contributed by atoms with van der Waals surface area (Å²) in [4.78, 5) is 33.7. The molecule has 2 heterocycles. The van der Waals surface area contributed by atoms with Crippen LogP contribution in [0.2, 0.25) is 0 Å². The molecule has 2 unspecified atom stereocenters. The maximum atomic E-state index is 12.4. The Morgan fingerprint density at radius 1 is 1.45 bits per heavy atom. The van der Waals surface area contributed by atoms with Gasteiger partial charge in [0.25, 0.3) is 5.91 Å². The normalized spacial score (nSPS) is 26.6. The second kappa shape index (κ2) is 5.16. The fourth-order valence-corrected chi connectivity index (χ4v) is 2.56. The number of amides is 2. The van der Waals surface area contributed by atoms with Gasteiger partial charge >= 0.3 is 6.09 Å². The molecule has 0 saturated carbocycles. The van der Waals surface area contributed by atoms with Crippen molar-refractivity contribution >= 4 is 34.6 Å². The lowest BCUT2D eigenvalue weighted by Crippen LogP contribution is -2.54. The minimum Gasteiger partial charge on any atom is -0.443 e. The average molecular weight is 300 g/mol. The molecule has 7 heteroatoms. The van der Waals surface area contributed by atoms with Gasteiger partial charge in [-0.25, -0.2) is 19.7 Å². The molecule has 2 aliphatic rings. The first-order chi connectivity index (χ1) is 9.19. The van der Waals surface area contributed by atoms with Crippen LogP contribution >= 0.6 is 11.6 Å². The van der Waals surface area contributed by atoms with Gasteiger partial charge in [0.1, 0.15) is 11.6 Å². The van der Waals surface area contributed by atoms with Gasteiger partial charge in [-0.15, -0.1) is 0 Å². The van der Waals surface area contributed by atoms with Gasteiger partial charge < -0.3 is 4.74 Å². The Kier molecular flexibility index (Phi) is 3.86. The van der Waals surface area contributed by atoms with Crippen LogP contribution in [0, 0.1) is 5.92 Å². The van der Waals surface area contributed by atoms with Crippen LogP contribution < -0.4 is 0 Å². The van der Waals surface area contributed by atoms with Crippen LogP contribution in [0.5, 0.6) is 0 Å². The summed E-state index contributed by atoms with van der Waals surface area (Å²) in [6.45, 7) is 7.41. The monoisotopic (exact) mass is 299 g/mol. The molecule has 0 spiro atoms. The minimum atomic E-state index is -0.665. The highest BCUT2D eigenvalue weighted by Crippen LogP contribution is 2.28. The van der Waals surface area contributed by atoms with Crippen molar-refractivity contribution in [2.45, 2.75) is 45.8 Å². The molecule has 0 radical (unpaired) electrons. The molecule has 2 rings (SSSR count). The van der Waals surface area contributed by atoms with Gasteiger partial charge in [-0.2, -0.15) is 0 Å². The average Bonchev–Trinajstić information content (AvgIpc) is 2.28. The van der Waals surface area contributed by atoms with Gasteiger partial charge in [0.05, 0.1) is 0 Å². The first-order valence-electron chi connectivity index (χ1n) is 6.52. The number of imide groups is 1. The second-order valence-electron chi connectivity index (χ2n) is 5.96. The number of likely N-dealkylation sites (tertiary alicyclic amines) is 1. The Hall–Kier alpha value is -1.43. The number of fused-ring (bicyclic) bond motifs is 1. The van der Waals surface area contributed by atoms with E-state index in [4.69, 9.17) is 16.3 Å². The van der Waals surface area contributed by atoms with Gasteiger partial charge in [-0.3, -0.25) is 4.79 Å². The molecule has 0 aliphatic carbocycles. The summed E-state index contributed by atoms with van der Waals surface area (Å²) in [5.74, 6) is -0.452. The molecule has 1 saturated heterocycles. The van der Waals surface area contributed by atoms with Crippen molar-refractivity contribution in [2.75, 3.05) is 6.54 Å². The van der Waals surface area contributed by atoms with Crippen molar-refractivity contribution in [3.63, 3.8) is 0 Å². The Balaban J connectivity index is 2.16. The quantitative estimate of drug-likeness (QED) is 0.644. The van der Waals surface area contributed by atoms with Crippen LogP contribution in [0.1, 0.15) is 34.1 Å². The standard InChI is InChI=1S/C13H18ClN3O3/c1-7-8-5-6-17(12(19)20-13(2,3)4)10(18)9(8)16-11(14)15-7/h8-9H,5-6H2,1-4H3. The third-order valence-corrected chi connectivity index (χ3v) is 3.41. The lowest BCUT2D eigenvalue weighted by Gasteiger charge is -2.36. The fourth-order valence-electron chi connectivity index (χ4n) is 2.32. The highest BCUT2D eigenvalue weighted by Gasteiger charge is 2.43. The van der Waals surface area contributed by atoms with Crippen LogP contribution in [0.15, 0.2) is 9.98 Å². The smallest absolute Gasteiger partial charge is 0.417 e. The third-order valence-electron chi connectivity index (χ3n) is 3.23. The van der Waals surface area contributed by atoms with E-state index in [-0.39, 0.29) is 17.1 Å². The number of nitrogens with zero attached hydrogens (tertiary/aromatic N) is 3. The fraction of sp³-hybridized carbons (Fsp3) is 0.692. The Morgan fingerprint density at radius 3 is 2.70 bits per heavy atom. The predicted molar refractivity (Wildman–Crippen MR) is 76.2 cm³/mol. The number of carbonyl (C=O) groups excluding carboxylic acids is 2. The Bertz CT molecular complexity index is 507. The zero-order valence-corrected chi connectivity index (χ0v) is 12.8. The molecule has 0 bridgehead atoms. The summed E-state index contributed by atoms with van der Waals surface area (Å²) in [5, 5.41) is 0.0585. The minimum absolute atomic E-state index is 0.0585. The van der Waals surface area contributed by atoms with Crippen LogP contribution in [0.3, 0.4) is 0 Å². The Morgan fingerprint density at radius 2 is 2.10 bits per heavy atom. The van der Waals surface area contributed by atoms with Crippen molar-refractivity contribution in [3.8, 4) is 0 Å². The summed E-state index contributed by atoms with van der Waals surface area (Å²) >= 11 is 5.81. The summed E-state index contributed by atoms with van der Waals surface area (Å²) in [7, 11) is 0. The molecule has 2 aliphatic heterocycles. The zero-order chi connectivity index (χ0) is 15.1. The number of piperidine rings is 1. The first-order valence-corrected chi connectivity index (χ1v) is 6.89. The van der Waals surface area contributed by atoms with Gasteiger partial charge in [-0.1, -0.05) is 0 Å². The number of carbonyl (C=O) groups is 2. The molecule has 2 amide bonds. The molecule has 2 atom stereocenters. The number of halogens is 1. The lowest BCUT2D eigenvalue weighted by atomic mass is 9.87. The lowest BCUT2D eigenvalue weighted by molar-refractivity contribution is -0.134. The number of amidine groups is 1. The molecule has 110 valence electrons. The summed E-state index contributed by atoms with van der Waals surface area (Å²) in [5.41, 5.74) is 0.145. The maximum absolute atomic E-state index is 12.4. The number of ether oxygens (including phenoxy) is 1. The second-order valence-corrected chi connectivity index (χ2v) is 6.30. The third kappa shape index (κ3) is 3.00. The van der Waals surface area contributed by atoms with E-state index in [0.29, 0.717) is 13.0 Å². The number of hydrogen-bond acceptors (Lipinski definition) is 5. The molecule has 0 aromatic heterocycles. The van der Waals surface area contributed by atoms with Crippen molar-refractivity contribution in [1.29, 1.82) is 0 Å². The van der Waals surface area contributed by atoms with Crippen molar-refractivity contribution in [3.05, 3.63) is 0 Å². The van der Waals surface area contributed by atoms with Crippen LogP contribution in [-0.2, 0) is 9.53 Å². The Labute approximate surface area is 122 Å². The highest BCUT2D eigenvalue weighted by molar-refractivity contribution is 6.66. The SMILES string of the molecule is CC1=NC(Cl)=NC2C(=O)N(C(=O)OC(C)(C)C)CCC12. The van der Waals surface area contributed by atoms with E-state index in [1.54, 1.807) is 20.8 Å². The van der Waals surface area contributed by atoms with Crippen LogP contribution in [-0.4, -0.2) is 46.1 Å². The molecule has 6 nitrogen and oxygen atoms in total. The molecule has 0 aromatic rings. The van der Waals surface area contributed by atoms with E-state index in [9.17, 15) is 9.59 Å². The van der Waals surface area contributed by atoms with E-state index in [1.807, 2.05) is 6.92 Å². The summed E-state index contributed by atoms with van der Waals surface area (Å²) in [6, 6.07) is -0.665. The van der Waals surface area contributed by atoms with E-state index in [0.717, 1.165) is 10.6 Å². The van der Waals surface area contributed by atoms with Crippen molar-refractivity contribution < 1.29 is 14.3 Å². The largest absolute Gasteiger partial charge is 0.443 e. The van der Waals surface area contributed by atoms with Gasteiger partial charge in [0.15, 0.2) is 0 Å². The summed E-state index contributed by atoms with van der Waals surface area (Å²) < 4.78 is 5.24. The van der Waals surface area contributed by atoms with E-state index >= 15 is 0 Å². The van der Waals surface area contributed by atoms with Gasteiger partial charge in [0.2, 0.25) is 5.29 Å². The van der Waals surface area contributed by atoms with E-state index in [1.165, 1.54) is 0 Å². The maximum Gasteiger partial charge on any atom is 0.417 e. The molecule has 20 heavy (non-hydrogen) atoms. The van der Waals surface area contributed by atoms with E-state index in [2.05, 4.69) is 9.98 Å². The predicted octanol–water partition coefficient (Wildman–Crippen LogP) is 2.21. The van der Waals surface area contributed by atoms with E-state index < -0.39 is 17.7 Å². The first kappa shape index (κ1) is 15.0. The number of rotatable bonds is 0. The number of aliphatic imine (C=N–C) groups is 2. The van der Waals surface area contributed by atoms with Crippen molar-refractivity contribution in [2.24, 2.45) is 15.9 Å². The molecular weight excluding hydrogens is 282 g/mol. The van der Waals surface area contributed by atoms with Gasteiger partial charge in [-0.05, 0) is 45.7 Å². The molecule has 0 aromatic carbocycles. The van der Waals surface area contributed by atoms with Crippen LogP contribution in [0.4, 0.5) is 4.79 Å². The van der Waals surface area contributed by atoms with Crippen molar-refractivity contribution in [1.82, 2.24) is 4.90 Å². The van der Waals surface area contributed by atoms with Crippen LogP contribution in [0.25, 0.3) is 0 Å². The van der Waals surface area contributed by atoms with Gasteiger partial charge in [0, 0.05) is 18.2 Å². The zero-order valence-electron chi connectivity index (χ0n) is 12.0. The topological polar surface area (TPSA) is 71.3 Å². The number of hydrogen-bond donors (Lipinski definition) is 0. The molecule has 1 fully saturated rings. The highest BCUT2D eigenvalue weighted by atomic mass is 35.5.